The molecule has 1 aliphatic rings. The zero-order valence-corrected chi connectivity index (χ0v) is 31.3. The fourth-order valence-electron chi connectivity index (χ4n) is 6.78. The summed E-state index contributed by atoms with van der Waals surface area (Å²) in [6.07, 6.45) is 25.2. The summed E-state index contributed by atoms with van der Waals surface area (Å²) in [6.45, 7) is 9.83. The van der Waals surface area contributed by atoms with E-state index in [-0.39, 0.29) is 18.5 Å². The number of rotatable bonds is 26. The molecule has 1 aromatic carbocycles. The van der Waals surface area contributed by atoms with Crippen molar-refractivity contribution in [1.29, 1.82) is 0 Å². The molecule has 0 radical (unpaired) electrons. The Bertz CT molecular complexity index is 893. The number of carbonyl (C=O) groups is 2. The molecule has 0 saturated carbocycles. The summed E-state index contributed by atoms with van der Waals surface area (Å²) in [6, 6.07) is 9.47. The summed E-state index contributed by atoms with van der Waals surface area (Å²) in [5, 5.41) is 0. The van der Waals surface area contributed by atoms with Crippen molar-refractivity contribution in [2.75, 3.05) is 6.61 Å². The first-order chi connectivity index (χ1) is 21.0. The van der Waals surface area contributed by atoms with Crippen molar-refractivity contribution in [1.82, 2.24) is 4.90 Å². The quantitative estimate of drug-likeness (QED) is 0.0548. The molecule has 4 nitrogen and oxygen atoms in total. The normalized spacial score (nSPS) is 15.7. The molecule has 1 atom stereocenters. The number of ether oxygens (including phenoxy) is 1. The van der Waals surface area contributed by atoms with Crippen molar-refractivity contribution in [3.05, 3.63) is 45.6 Å². The van der Waals surface area contributed by atoms with Gasteiger partial charge in [0, 0.05) is 0 Å². The monoisotopic (exact) mass is 703 g/mol. The summed E-state index contributed by atoms with van der Waals surface area (Å²) >= 11 is -2.79. The van der Waals surface area contributed by atoms with Crippen LogP contribution < -0.4 is 0 Å². The van der Waals surface area contributed by atoms with Gasteiger partial charge in [-0.1, -0.05) is 13.3 Å². The zero-order chi connectivity index (χ0) is 31.2. The van der Waals surface area contributed by atoms with Crippen LogP contribution in [0.25, 0.3) is 0 Å². The number of cyclic esters (lactones) is 1. The van der Waals surface area contributed by atoms with E-state index in [1.165, 1.54) is 122 Å². The first-order valence-electron chi connectivity index (χ1n) is 18.2. The van der Waals surface area contributed by atoms with Gasteiger partial charge in [0.05, 0.1) is 0 Å². The van der Waals surface area contributed by atoms with Crippen LogP contribution in [0.5, 0.6) is 0 Å². The third-order valence-electron chi connectivity index (χ3n) is 9.57. The van der Waals surface area contributed by atoms with Crippen LogP contribution in [0.3, 0.4) is 0 Å². The molecule has 1 amide bonds. The minimum atomic E-state index is -2.79. The Hall–Kier alpha value is -1.30. The minimum absolute atomic E-state index is 0.102. The van der Waals surface area contributed by atoms with E-state index in [1.54, 1.807) is 8.49 Å². The second-order valence-electron chi connectivity index (χ2n) is 13.2. The average Bonchev–Trinajstić information content (AvgIpc) is 3.39. The Morgan fingerprint density at radius 3 is 1.74 bits per heavy atom. The van der Waals surface area contributed by atoms with E-state index in [1.807, 2.05) is 30.3 Å². The van der Waals surface area contributed by atoms with Gasteiger partial charge < -0.3 is 0 Å². The van der Waals surface area contributed by atoms with Crippen LogP contribution in [0, 0.1) is 0 Å². The third-order valence-corrected chi connectivity index (χ3v) is 25.8. The molecule has 0 aromatic heterocycles. The summed E-state index contributed by atoms with van der Waals surface area (Å²) in [5.74, 6) is 0.102. The number of ketones is 1. The number of amides is 1. The zero-order valence-electron chi connectivity index (χ0n) is 28.5. The van der Waals surface area contributed by atoms with Gasteiger partial charge in [-0.2, -0.15) is 0 Å². The number of allylic oxidation sites excluding steroid dienone is 1. The average molecular weight is 703 g/mol. The molecular weight excluding hydrogens is 637 g/mol. The molecule has 0 bridgehead atoms. The molecule has 5 heteroatoms. The molecule has 0 spiro atoms. The van der Waals surface area contributed by atoms with Crippen LogP contribution in [0.1, 0.15) is 149 Å². The first kappa shape index (κ1) is 37.9. The number of nitrogens with zero attached hydrogens (tertiary/aromatic N) is 1. The van der Waals surface area contributed by atoms with Gasteiger partial charge >= 0.3 is 257 Å². The van der Waals surface area contributed by atoms with E-state index in [0.717, 1.165) is 12.0 Å². The van der Waals surface area contributed by atoms with Crippen molar-refractivity contribution in [2.24, 2.45) is 0 Å². The maximum atomic E-state index is 14.1. The number of unbranched alkanes of at least 4 members (excludes halogenated alkanes) is 13. The maximum absolute atomic E-state index is 14.1. The van der Waals surface area contributed by atoms with Crippen molar-refractivity contribution in [2.45, 2.75) is 169 Å². The Morgan fingerprint density at radius 1 is 0.744 bits per heavy atom. The standard InChI is InChI=1S/C26H38NO3.3C4H9.Sn/c1-2-3-4-5-6-7-8-9-10-11-12-13-17-20-25(28)24-22-30-26(29)27(24)21-23-18-15-14-16-19-23;3*1-3-4-2;/h14-16,18-20,24H,2-13,21-22H2,1H3;3*1,3-4H2,2H3;/t24-;;;;/m0..../s1. The fourth-order valence-corrected chi connectivity index (χ4v) is 23.8. The molecule has 43 heavy (non-hydrogen) atoms. The van der Waals surface area contributed by atoms with E-state index >= 15 is 0 Å². The topological polar surface area (TPSA) is 46.6 Å². The van der Waals surface area contributed by atoms with Crippen molar-refractivity contribution in [3.8, 4) is 0 Å². The van der Waals surface area contributed by atoms with E-state index < -0.39 is 24.4 Å². The number of hydrogen-bond acceptors (Lipinski definition) is 3. The van der Waals surface area contributed by atoms with Gasteiger partial charge in [-0.25, -0.2) is 0 Å². The van der Waals surface area contributed by atoms with Crippen molar-refractivity contribution < 1.29 is 14.3 Å². The molecule has 1 heterocycles. The van der Waals surface area contributed by atoms with Crippen LogP contribution in [0.4, 0.5) is 4.79 Å². The van der Waals surface area contributed by atoms with Crippen LogP contribution in [-0.2, 0) is 16.1 Å². The predicted octanol–water partition coefficient (Wildman–Crippen LogP) is 11.6. The molecule has 244 valence electrons. The molecular formula is C38H65NO3Sn. The molecule has 1 aromatic rings. The summed E-state index contributed by atoms with van der Waals surface area (Å²) in [7, 11) is 0. The Morgan fingerprint density at radius 2 is 1.23 bits per heavy atom. The fraction of sp³-hybridized carbons (Fsp3) is 0.737. The third kappa shape index (κ3) is 14.1. The Labute approximate surface area is 269 Å². The number of benzene rings is 1. The molecule has 0 aliphatic carbocycles. The van der Waals surface area contributed by atoms with Crippen LogP contribution in [0.2, 0.25) is 13.3 Å². The van der Waals surface area contributed by atoms with Crippen LogP contribution in [0.15, 0.2) is 40.0 Å². The Kier molecular flexibility index (Phi) is 20.3. The van der Waals surface area contributed by atoms with Crippen molar-refractivity contribution >= 4 is 30.3 Å². The Balaban J connectivity index is 2.18. The van der Waals surface area contributed by atoms with Gasteiger partial charge in [-0.3, -0.25) is 0 Å². The number of carbonyl (C=O) groups excluding carboxylic acids is 2. The molecule has 1 saturated heterocycles. The molecule has 1 aliphatic heterocycles. The van der Waals surface area contributed by atoms with Gasteiger partial charge in [-0.15, -0.1) is 0 Å². The van der Waals surface area contributed by atoms with Gasteiger partial charge in [0.2, 0.25) is 0 Å². The van der Waals surface area contributed by atoms with Gasteiger partial charge in [0.1, 0.15) is 0 Å². The van der Waals surface area contributed by atoms with Gasteiger partial charge in [0.15, 0.2) is 0 Å². The molecule has 1 fully saturated rings. The van der Waals surface area contributed by atoms with Gasteiger partial charge in [-0.05, 0) is 0 Å². The second kappa shape index (κ2) is 23.1. The van der Waals surface area contributed by atoms with Gasteiger partial charge in [0.25, 0.3) is 0 Å². The first-order valence-corrected chi connectivity index (χ1v) is 25.7. The van der Waals surface area contributed by atoms with E-state index in [2.05, 4.69) is 33.8 Å². The SMILES string of the molecule is CCCCCCCCCCCCC/[C](=C/C(=O)[C@@H]1COC(=O)N1Cc1ccccc1)[Sn]([CH2]CCC)([CH2]CCC)[CH2]CCC. The van der Waals surface area contributed by atoms with E-state index in [4.69, 9.17) is 4.74 Å². The predicted molar refractivity (Wildman–Crippen MR) is 186 cm³/mol. The summed E-state index contributed by atoms with van der Waals surface area (Å²) < 4.78 is 11.1. The molecule has 0 N–H and O–H groups in total. The number of hydrogen-bond donors (Lipinski definition) is 0. The summed E-state index contributed by atoms with van der Waals surface area (Å²) in [4.78, 5) is 28.4. The molecule has 2 rings (SSSR count). The van der Waals surface area contributed by atoms with E-state index in [0.29, 0.717) is 6.54 Å². The van der Waals surface area contributed by atoms with Crippen LogP contribution >= 0.6 is 0 Å². The van der Waals surface area contributed by atoms with E-state index in [9.17, 15) is 9.59 Å². The summed E-state index contributed by atoms with van der Waals surface area (Å²) in [5.41, 5.74) is 1.03. The second-order valence-corrected chi connectivity index (χ2v) is 26.6. The molecule has 0 unspecified atom stereocenters. The van der Waals surface area contributed by atoms with Crippen molar-refractivity contribution in [3.63, 3.8) is 0 Å². The van der Waals surface area contributed by atoms with Crippen LogP contribution in [-0.4, -0.2) is 47.8 Å².